The Morgan fingerprint density at radius 1 is 1.47 bits per heavy atom. The van der Waals surface area contributed by atoms with Gasteiger partial charge in [0, 0.05) is 31.9 Å². The lowest BCUT2D eigenvalue weighted by molar-refractivity contribution is 0.276. The summed E-state index contributed by atoms with van der Waals surface area (Å²) in [5.74, 6) is 0. The van der Waals surface area contributed by atoms with Crippen LogP contribution in [0.25, 0.3) is 0 Å². The molecule has 0 amide bonds. The van der Waals surface area contributed by atoms with Crippen molar-refractivity contribution >= 4 is 0 Å². The number of aliphatic hydroxyl groups is 1. The van der Waals surface area contributed by atoms with Gasteiger partial charge in [-0.3, -0.25) is 4.68 Å². The molecule has 0 spiro atoms. The number of rotatable bonds is 6. The summed E-state index contributed by atoms with van der Waals surface area (Å²) in [6, 6.07) is 0.421. The molecule has 0 fully saturated rings. The summed E-state index contributed by atoms with van der Waals surface area (Å²) in [5.41, 5.74) is 1.19. The van der Waals surface area contributed by atoms with E-state index < -0.39 is 0 Å². The maximum Gasteiger partial charge on any atom is 0.0964 e. The molecule has 0 saturated heterocycles. The molecular formula is C12H24N4O. The third-order valence-electron chi connectivity index (χ3n) is 3.02. The minimum Gasteiger partial charge on any atom is -0.396 e. The van der Waals surface area contributed by atoms with E-state index in [0.717, 1.165) is 18.8 Å². The standard InChI is InChI=1S/C12H24N4O/c1-10(12(2,3)4)13-8-11-9-16(15-14-11)6-5-7-17/h9-10,13,17H,5-8H2,1-4H3. The molecular weight excluding hydrogens is 216 g/mol. The van der Waals surface area contributed by atoms with E-state index in [-0.39, 0.29) is 12.0 Å². The number of nitrogens with zero attached hydrogens (tertiary/aromatic N) is 3. The van der Waals surface area contributed by atoms with Crippen LogP contribution in [-0.2, 0) is 13.1 Å². The van der Waals surface area contributed by atoms with Gasteiger partial charge in [0.05, 0.1) is 5.69 Å². The first-order valence-corrected chi connectivity index (χ1v) is 6.16. The van der Waals surface area contributed by atoms with Gasteiger partial charge >= 0.3 is 0 Å². The van der Waals surface area contributed by atoms with Gasteiger partial charge in [-0.25, -0.2) is 0 Å². The third kappa shape index (κ3) is 4.83. The molecule has 98 valence electrons. The topological polar surface area (TPSA) is 63.0 Å². The normalized spacial score (nSPS) is 13.9. The van der Waals surface area contributed by atoms with Gasteiger partial charge in [-0.1, -0.05) is 26.0 Å². The van der Waals surface area contributed by atoms with Crippen molar-refractivity contribution in [1.29, 1.82) is 0 Å². The van der Waals surface area contributed by atoms with Gasteiger partial charge in [-0.2, -0.15) is 0 Å². The SMILES string of the molecule is CC(NCc1cn(CCCO)nn1)C(C)(C)C. The second-order valence-electron chi connectivity index (χ2n) is 5.52. The van der Waals surface area contributed by atoms with Crippen molar-refractivity contribution in [2.45, 2.75) is 53.2 Å². The first kappa shape index (κ1) is 14.1. The zero-order valence-corrected chi connectivity index (χ0v) is 11.3. The van der Waals surface area contributed by atoms with Crippen LogP contribution in [0.3, 0.4) is 0 Å². The van der Waals surface area contributed by atoms with E-state index >= 15 is 0 Å². The van der Waals surface area contributed by atoms with Gasteiger partial charge in [-0.05, 0) is 18.8 Å². The Bertz CT molecular complexity index is 329. The highest BCUT2D eigenvalue weighted by Gasteiger charge is 2.19. The second-order valence-corrected chi connectivity index (χ2v) is 5.52. The summed E-state index contributed by atoms with van der Waals surface area (Å²) in [6.07, 6.45) is 2.65. The van der Waals surface area contributed by atoms with Crippen LogP contribution in [0, 0.1) is 5.41 Å². The maximum absolute atomic E-state index is 8.73. The molecule has 1 heterocycles. The van der Waals surface area contributed by atoms with Gasteiger partial charge in [0.2, 0.25) is 0 Å². The number of aryl methyl sites for hydroxylation is 1. The summed E-state index contributed by atoms with van der Waals surface area (Å²) in [5, 5.41) is 20.3. The van der Waals surface area contributed by atoms with Gasteiger partial charge in [0.15, 0.2) is 0 Å². The molecule has 0 aromatic carbocycles. The van der Waals surface area contributed by atoms with Gasteiger partial charge in [0.25, 0.3) is 0 Å². The number of nitrogens with one attached hydrogen (secondary N) is 1. The Morgan fingerprint density at radius 3 is 2.76 bits per heavy atom. The van der Waals surface area contributed by atoms with Crippen LogP contribution in [0.15, 0.2) is 6.20 Å². The van der Waals surface area contributed by atoms with Crippen LogP contribution in [0.1, 0.15) is 39.8 Å². The van der Waals surface area contributed by atoms with Crippen molar-refractivity contribution in [3.8, 4) is 0 Å². The van der Waals surface area contributed by atoms with Crippen molar-refractivity contribution < 1.29 is 5.11 Å². The maximum atomic E-state index is 8.73. The van der Waals surface area contributed by atoms with E-state index in [4.69, 9.17) is 5.11 Å². The van der Waals surface area contributed by atoms with E-state index in [2.05, 4.69) is 43.3 Å². The number of aromatic nitrogens is 3. The van der Waals surface area contributed by atoms with Gasteiger partial charge in [0.1, 0.15) is 0 Å². The highest BCUT2D eigenvalue weighted by atomic mass is 16.3. The largest absolute Gasteiger partial charge is 0.396 e. The highest BCUT2D eigenvalue weighted by Crippen LogP contribution is 2.18. The Balaban J connectivity index is 2.39. The van der Waals surface area contributed by atoms with Crippen molar-refractivity contribution in [3.05, 3.63) is 11.9 Å². The molecule has 0 aliphatic carbocycles. The van der Waals surface area contributed by atoms with Crippen molar-refractivity contribution in [3.63, 3.8) is 0 Å². The van der Waals surface area contributed by atoms with Crippen LogP contribution in [-0.4, -0.2) is 32.7 Å². The monoisotopic (exact) mass is 240 g/mol. The molecule has 1 aromatic rings. The zero-order chi connectivity index (χ0) is 12.9. The fraction of sp³-hybridized carbons (Fsp3) is 0.833. The predicted octanol–water partition coefficient (Wildman–Crippen LogP) is 1.18. The fourth-order valence-corrected chi connectivity index (χ4v) is 1.33. The molecule has 17 heavy (non-hydrogen) atoms. The van der Waals surface area contributed by atoms with Crippen LogP contribution < -0.4 is 5.32 Å². The molecule has 0 aliphatic heterocycles. The second kappa shape index (κ2) is 6.12. The van der Waals surface area contributed by atoms with Crippen molar-refractivity contribution in [2.75, 3.05) is 6.61 Å². The van der Waals surface area contributed by atoms with Crippen LogP contribution >= 0.6 is 0 Å². The highest BCUT2D eigenvalue weighted by molar-refractivity contribution is 4.92. The lowest BCUT2D eigenvalue weighted by atomic mass is 9.88. The van der Waals surface area contributed by atoms with Crippen molar-refractivity contribution in [2.24, 2.45) is 5.41 Å². The smallest absolute Gasteiger partial charge is 0.0964 e. The molecule has 0 saturated carbocycles. The van der Waals surface area contributed by atoms with Crippen LogP contribution in [0.2, 0.25) is 0 Å². The fourth-order valence-electron chi connectivity index (χ4n) is 1.33. The van der Waals surface area contributed by atoms with Gasteiger partial charge in [-0.15, -0.1) is 5.10 Å². The molecule has 5 nitrogen and oxygen atoms in total. The molecule has 1 unspecified atom stereocenters. The average Bonchev–Trinajstić information content (AvgIpc) is 2.69. The third-order valence-corrected chi connectivity index (χ3v) is 3.02. The summed E-state index contributed by atoms with van der Waals surface area (Å²) in [7, 11) is 0. The first-order valence-electron chi connectivity index (χ1n) is 6.16. The number of aliphatic hydroxyl groups excluding tert-OH is 1. The van der Waals surface area contributed by atoms with Crippen LogP contribution in [0.4, 0.5) is 0 Å². The molecule has 0 bridgehead atoms. The number of hydrogen-bond donors (Lipinski definition) is 2. The summed E-state index contributed by atoms with van der Waals surface area (Å²) in [4.78, 5) is 0. The Kier molecular flexibility index (Phi) is 5.08. The Hall–Kier alpha value is -0.940. The number of hydrogen-bond acceptors (Lipinski definition) is 4. The van der Waals surface area contributed by atoms with Crippen LogP contribution in [0.5, 0.6) is 0 Å². The average molecular weight is 240 g/mol. The Labute approximate surface area is 103 Å². The summed E-state index contributed by atoms with van der Waals surface area (Å²) < 4.78 is 1.77. The molecule has 1 atom stereocenters. The molecule has 1 aromatic heterocycles. The zero-order valence-electron chi connectivity index (χ0n) is 11.3. The molecule has 5 heteroatoms. The summed E-state index contributed by atoms with van der Waals surface area (Å²) in [6.45, 7) is 10.5. The molecule has 0 radical (unpaired) electrons. The lowest BCUT2D eigenvalue weighted by Crippen LogP contribution is -2.37. The Morgan fingerprint density at radius 2 is 2.18 bits per heavy atom. The minimum atomic E-state index is 0.189. The quantitative estimate of drug-likeness (QED) is 0.784. The van der Waals surface area contributed by atoms with E-state index in [9.17, 15) is 0 Å². The molecule has 1 rings (SSSR count). The van der Waals surface area contributed by atoms with Crippen molar-refractivity contribution in [1.82, 2.24) is 20.3 Å². The minimum absolute atomic E-state index is 0.189. The van der Waals surface area contributed by atoms with E-state index in [1.54, 1.807) is 4.68 Å². The summed E-state index contributed by atoms with van der Waals surface area (Å²) >= 11 is 0. The molecule has 2 N–H and O–H groups in total. The predicted molar refractivity (Wildman–Crippen MR) is 67.5 cm³/mol. The van der Waals surface area contributed by atoms with E-state index in [1.165, 1.54) is 0 Å². The van der Waals surface area contributed by atoms with E-state index in [1.807, 2.05) is 6.20 Å². The first-order chi connectivity index (χ1) is 7.93. The van der Waals surface area contributed by atoms with E-state index in [0.29, 0.717) is 12.5 Å². The molecule has 0 aliphatic rings. The lowest BCUT2D eigenvalue weighted by Gasteiger charge is -2.27. The van der Waals surface area contributed by atoms with Gasteiger partial charge < -0.3 is 10.4 Å².